The standard InChI is InChI=1S/C20H21N5O3S/c1-12-19(25(27)28)13(2)24(23-12)10-18(26)22-20-21-17(11-29-20)16-8-7-14-5-3-4-6-15(14)9-16/h7-9,11H,3-6,10H2,1-2H3,(H,21,22,26). The number of anilines is 1. The van der Waals surface area contributed by atoms with Crippen molar-refractivity contribution in [3.8, 4) is 11.3 Å². The highest BCUT2D eigenvalue weighted by molar-refractivity contribution is 7.14. The highest BCUT2D eigenvalue weighted by atomic mass is 32.1. The number of amides is 1. The maximum absolute atomic E-state index is 12.4. The minimum atomic E-state index is -0.474. The van der Waals surface area contributed by atoms with E-state index in [1.54, 1.807) is 13.8 Å². The smallest absolute Gasteiger partial charge is 0.300 e. The Hall–Kier alpha value is -3.07. The van der Waals surface area contributed by atoms with Crippen LogP contribution in [0.3, 0.4) is 0 Å². The first-order chi connectivity index (χ1) is 13.9. The summed E-state index contributed by atoms with van der Waals surface area (Å²) in [6, 6.07) is 6.46. The Morgan fingerprint density at radius 2 is 2.03 bits per heavy atom. The predicted octanol–water partition coefficient (Wildman–Crippen LogP) is 4.05. The van der Waals surface area contributed by atoms with Gasteiger partial charge >= 0.3 is 5.69 Å². The monoisotopic (exact) mass is 411 g/mol. The average Bonchev–Trinajstić information content (AvgIpc) is 3.25. The van der Waals surface area contributed by atoms with E-state index in [0.717, 1.165) is 24.1 Å². The van der Waals surface area contributed by atoms with Crippen LogP contribution in [-0.4, -0.2) is 25.6 Å². The van der Waals surface area contributed by atoms with Gasteiger partial charge in [0.05, 0.1) is 10.6 Å². The van der Waals surface area contributed by atoms with Crippen molar-refractivity contribution < 1.29 is 9.72 Å². The lowest BCUT2D eigenvalue weighted by molar-refractivity contribution is -0.386. The number of rotatable bonds is 5. The largest absolute Gasteiger partial charge is 0.312 e. The van der Waals surface area contributed by atoms with Gasteiger partial charge in [0, 0.05) is 10.9 Å². The number of carbonyl (C=O) groups excluding carboxylic acids is 1. The highest BCUT2D eigenvalue weighted by Gasteiger charge is 2.23. The van der Waals surface area contributed by atoms with Crippen molar-refractivity contribution in [2.75, 3.05) is 5.32 Å². The van der Waals surface area contributed by atoms with Crippen molar-refractivity contribution in [1.29, 1.82) is 0 Å². The molecule has 0 radical (unpaired) electrons. The maximum atomic E-state index is 12.4. The van der Waals surface area contributed by atoms with Crippen molar-refractivity contribution in [3.63, 3.8) is 0 Å². The minimum absolute atomic E-state index is 0.0539. The molecule has 0 bridgehead atoms. The van der Waals surface area contributed by atoms with Gasteiger partial charge in [-0.15, -0.1) is 11.3 Å². The van der Waals surface area contributed by atoms with Crippen molar-refractivity contribution in [2.24, 2.45) is 0 Å². The molecule has 1 aliphatic carbocycles. The summed E-state index contributed by atoms with van der Waals surface area (Å²) in [6.45, 7) is 3.04. The summed E-state index contributed by atoms with van der Waals surface area (Å²) < 4.78 is 1.35. The second kappa shape index (κ2) is 7.75. The first kappa shape index (κ1) is 19.3. The second-order valence-corrected chi connectivity index (χ2v) is 8.07. The molecule has 0 atom stereocenters. The number of aryl methyl sites for hydroxylation is 3. The summed E-state index contributed by atoms with van der Waals surface area (Å²) in [5, 5.41) is 20.4. The third-order valence-electron chi connectivity index (χ3n) is 5.21. The number of nitrogens with one attached hydrogen (secondary N) is 1. The summed E-state index contributed by atoms with van der Waals surface area (Å²) in [4.78, 5) is 27.5. The third-order valence-corrected chi connectivity index (χ3v) is 5.97. The molecule has 29 heavy (non-hydrogen) atoms. The van der Waals surface area contributed by atoms with E-state index in [9.17, 15) is 14.9 Å². The number of benzene rings is 1. The summed E-state index contributed by atoms with van der Waals surface area (Å²) in [5.74, 6) is -0.322. The van der Waals surface area contributed by atoms with Gasteiger partial charge in [-0.1, -0.05) is 12.1 Å². The molecule has 9 heteroatoms. The molecule has 0 saturated carbocycles. The van der Waals surface area contributed by atoms with E-state index >= 15 is 0 Å². The molecule has 1 amide bonds. The van der Waals surface area contributed by atoms with Gasteiger partial charge in [-0.25, -0.2) is 4.98 Å². The zero-order valence-corrected chi connectivity index (χ0v) is 17.1. The molecule has 3 aromatic rings. The second-order valence-electron chi connectivity index (χ2n) is 7.21. The van der Waals surface area contributed by atoms with E-state index in [1.807, 2.05) is 5.38 Å². The SMILES string of the molecule is Cc1nn(CC(=O)Nc2nc(-c3ccc4c(c3)CCCC4)cs2)c(C)c1[N+](=O)[O-]. The number of fused-ring (bicyclic) bond motifs is 1. The Labute approximate surface area is 171 Å². The topological polar surface area (TPSA) is 103 Å². The lowest BCUT2D eigenvalue weighted by Gasteiger charge is -2.16. The molecule has 1 N–H and O–H groups in total. The van der Waals surface area contributed by atoms with Gasteiger partial charge in [0.1, 0.15) is 17.9 Å². The zero-order valence-electron chi connectivity index (χ0n) is 16.3. The summed E-state index contributed by atoms with van der Waals surface area (Å²) >= 11 is 1.36. The zero-order chi connectivity index (χ0) is 20.5. The summed E-state index contributed by atoms with van der Waals surface area (Å²) in [7, 11) is 0. The van der Waals surface area contributed by atoms with Gasteiger partial charge < -0.3 is 5.32 Å². The number of carbonyl (C=O) groups is 1. The first-order valence-corrected chi connectivity index (χ1v) is 10.4. The fraction of sp³-hybridized carbons (Fsp3) is 0.350. The molecule has 4 rings (SSSR count). The van der Waals surface area contributed by atoms with Crippen molar-refractivity contribution >= 4 is 28.1 Å². The van der Waals surface area contributed by atoms with Crippen molar-refractivity contribution in [2.45, 2.75) is 46.1 Å². The Balaban J connectivity index is 1.46. The number of hydrogen-bond acceptors (Lipinski definition) is 6. The quantitative estimate of drug-likeness (QED) is 0.504. The van der Waals surface area contributed by atoms with Gasteiger partial charge in [-0.05, 0) is 56.7 Å². The normalized spacial score (nSPS) is 13.2. The number of nitro groups is 1. The van der Waals surface area contributed by atoms with E-state index in [-0.39, 0.29) is 18.1 Å². The van der Waals surface area contributed by atoms with Crippen LogP contribution in [0.25, 0.3) is 11.3 Å². The van der Waals surface area contributed by atoms with Crippen LogP contribution in [0.15, 0.2) is 23.6 Å². The number of thiazole rings is 1. The van der Waals surface area contributed by atoms with Crippen molar-refractivity contribution in [3.05, 3.63) is 56.2 Å². The van der Waals surface area contributed by atoms with E-state index in [0.29, 0.717) is 16.5 Å². The minimum Gasteiger partial charge on any atom is -0.300 e. The van der Waals surface area contributed by atoms with E-state index in [1.165, 1.54) is 40.0 Å². The lowest BCUT2D eigenvalue weighted by Crippen LogP contribution is -2.20. The van der Waals surface area contributed by atoms with Crippen LogP contribution in [0.5, 0.6) is 0 Å². The molecule has 2 heterocycles. The predicted molar refractivity (Wildman–Crippen MR) is 111 cm³/mol. The van der Waals surface area contributed by atoms with Crippen LogP contribution in [0.1, 0.15) is 35.4 Å². The summed E-state index contributed by atoms with van der Waals surface area (Å²) in [5.41, 5.74) is 5.29. The van der Waals surface area contributed by atoms with Gasteiger partial charge in [-0.2, -0.15) is 5.10 Å². The van der Waals surface area contributed by atoms with Crippen LogP contribution < -0.4 is 5.32 Å². The number of aromatic nitrogens is 3. The van der Waals surface area contributed by atoms with Crippen LogP contribution in [0.4, 0.5) is 10.8 Å². The third kappa shape index (κ3) is 3.91. The average molecular weight is 411 g/mol. The molecular formula is C20H21N5O3S. The summed E-state index contributed by atoms with van der Waals surface area (Å²) in [6.07, 6.45) is 4.71. The van der Waals surface area contributed by atoms with Crippen LogP contribution in [0, 0.1) is 24.0 Å². The fourth-order valence-electron chi connectivity index (χ4n) is 3.76. The highest BCUT2D eigenvalue weighted by Crippen LogP contribution is 2.29. The molecule has 8 nitrogen and oxygen atoms in total. The van der Waals surface area contributed by atoms with Gasteiger partial charge in [0.15, 0.2) is 5.13 Å². The van der Waals surface area contributed by atoms with E-state index < -0.39 is 4.92 Å². The maximum Gasteiger partial charge on any atom is 0.312 e. The first-order valence-electron chi connectivity index (χ1n) is 9.48. The van der Waals surface area contributed by atoms with Crippen LogP contribution >= 0.6 is 11.3 Å². The molecule has 2 aromatic heterocycles. The van der Waals surface area contributed by atoms with Crippen LogP contribution in [0.2, 0.25) is 0 Å². The molecule has 0 spiro atoms. The van der Waals surface area contributed by atoms with Gasteiger partial charge in [0.25, 0.3) is 0 Å². The molecule has 150 valence electrons. The Kier molecular flexibility index (Phi) is 5.14. The lowest BCUT2D eigenvalue weighted by atomic mass is 9.90. The molecular weight excluding hydrogens is 390 g/mol. The van der Waals surface area contributed by atoms with Gasteiger partial charge in [0.2, 0.25) is 5.91 Å². The molecule has 0 aliphatic heterocycles. The fourth-order valence-corrected chi connectivity index (χ4v) is 4.49. The number of hydrogen-bond donors (Lipinski definition) is 1. The molecule has 0 saturated heterocycles. The Bertz CT molecular complexity index is 1100. The molecule has 1 aliphatic rings. The van der Waals surface area contributed by atoms with Gasteiger partial charge in [-0.3, -0.25) is 19.6 Å². The Morgan fingerprint density at radius 1 is 1.28 bits per heavy atom. The Morgan fingerprint density at radius 3 is 2.76 bits per heavy atom. The molecule has 0 unspecified atom stereocenters. The van der Waals surface area contributed by atoms with E-state index in [4.69, 9.17) is 0 Å². The number of nitrogens with zero attached hydrogens (tertiary/aromatic N) is 4. The molecule has 0 fully saturated rings. The molecule has 1 aromatic carbocycles. The van der Waals surface area contributed by atoms with Crippen LogP contribution in [-0.2, 0) is 24.2 Å². The van der Waals surface area contributed by atoms with E-state index in [2.05, 4.69) is 33.6 Å². The van der Waals surface area contributed by atoms with Crippen molar-refractivity contribution in [1.82, 2.24) is 14.8 Å².